The van der Waals surface area contributed by atoms with Crippen molar-refractivity contribution in [2.45, 2.75) is 12.8 Å². The van der Waals surface area contributed by atoms with Crippen LogP contribution in [-0.4, -0.2) is 58.3 Å². The molecule has 0 fully saturated rings. The highest BCUT2D eigenvalue weighted by molar-refractivity contribution is 5.81. The van der Waals surface area contributed by atoms with Gasteiger partial charge in [-0.2, -0.15) is 0 Å². The molecular weight excluding hydrogens is 288 g/mol. The number of allylic oxidation sites excluding steroid dienone is 4. The van der Waals surface area contributed by atoms with E-state index >= 15 is 0 Å². The van der Waals surface area contributed by atoms with Gasteiger partial charge in [-0.1, -0.05) is 12.2 Å². The highest BCUT2D eigenvalue weighted by Crippen LogP contribution is 2.36. The second-order valence-corrected chi connectivity index (χ2v) is 6.09. The lowest BCUT2D eigenvalue weighted by molar-refractivity contribution is 0.320. The van der Waals surface area contributed by atoms with Crippen LogP contribution in [0, 0.1) is 0 Å². The summed E-state index contributed by atoms with van der Waals surface area (Å²) in [5.41, 5.74) is 3.74. The molecule has 0 saturated heterocycles. The smallest absolute Gasteiger partial charge is 0.130 e. The number of rotatable bonds is 7. The molecule has 1 aromatic carbocycles. The Kier molecular flexibility index (Phi) is 6.11. The first-order valence-electron chi connectivity index (χ1n) is 8.04. The molecule has 0 spiro atoms. The van der Waals surface area contributed by atoms with Crippen molar-refractivity contribution < 1.29 is 9.47 Å². The summed E-state index contributed by atoms with van der Waals surface area (Å²) in [5, 5.41) is 0. The quantitative estimate of drug-likeness (QED) is 0.771. The van der Waals surface area contributed by atoms with Crippen LogP contribution in [0.1, 0.15) is 18.4 Å². The molecule has 0 bridgehead atoms. The molecule has 0 aliphatic heterocycles. The Morgan fingerprint density at radius 1 is 1.04 bits per heavy atom. The van der Waals surface area contributed by atoms with Crippen molar-refractivity contribution in [3.63, 3.8) is 0 Å². The van der Waals surface area contributed by atoms with Gasteiger partial charge in [-0.25, -0.2) is 0 Å². The van der Waals surface area contributed by atoms with Gasteiger partial charge >= 0.3 is 0 Å². The number of likely N-dealkylation sites (N-methyl/N-ethyl adjacent to an activating group) is 2. The van der Waals surface area contributed by atoms with Gasteiger partial charge in [-0.15, -0.1) is 0 Å². The molecule has 4 heteroatoms. The zero-order chi connectivity index (χ0) is 16.8. The van der Waals surface area contributed by atoms with Crippen LogP contribution in [-0.2, 0) is 0 Å². The van der Waals surface area contributed by atoms with E-state index in [0.29, 0.717) is 0 Å². The van der Waals surface area contributed by atoms with Gasteiger partial charge in [0.1, 0.15) is 11.5 Å². The summed E-state index contributed by atoms with van der Waals surface area (Å²) in [6.07, 6.45) is 6.60. The molecule has 1 aromatic rings. The van der Waals surface area contributed by atoms with E-state index in [2.05, 4.69) is 49.2 Å². The van der Waals surface area contributed by atoms with E-state index in [1.54, 1.807) is 14.2 Å². The highest BCUT2D eigenvalue weighted by Gasteiger charge is 2.17. The zero-order valence-corrected chi connectivity index (χ0v) is 14.9. The molecule has 4 nitrogen and oxygen atoms in total. The lowest BCUT2D eigenvalue weighted by Gasteiger charge is -2.29. The summed E-state index contributed by atoms with van der Waals surface area (Å²) in [6, 6.07) is 6.02. The summed E-state index contributed by atoms with van der Waals surface area (Å²) < 4.78 is 10.9. The van der Waals surface area contributed by atoms with Crippen LogP contribution in [0.3, 0.4) is 0 Å². The third kappa shape index (κ3) is 4.29. The average Bonchev–Trinajstić information content (AvgIpc) is 2.59. The van der Waals surface area contributed by atoms with Crippen molar-refractivity contribution in [3.8, 4) is 11.5 Å². The maximum atomic E-state index is 5.59. The molecule has 0 aromatic heterocycles. The van der Waals surface area contributed by atoms with E-state index in [-0.39, 0.29) is 0 Å². The molecule has 1 aliphatic carbocycles. The third-order valence-electron chi connectivity index (χ3n) is 4.19. The van der Waals surface area contributed by atoms with Crippen molar-refractivity contribution in [1.29, 1.82) is 0 Å². The van der Waals surface area contributed by atoms with Crippen LogP contribution >= 0.6 is 0 Å². The van der Waals surface area contributed by atoms with Crippen LogP contribution in [0.4, 0.5) is 0 Å². The first-order chi connectivity index (χ1) is 11.1. The number of nitrogens with zero attached hydrogens (tertiary/aromatic N) is 2. The van der Waals surface area contributed by atoms with Crippen LogP contribution < -0.4 is 9.47 Å². The van der Waals surface area contributed by atoms with E-state index in [4.69, 9.17) is 9.47 Å². The fourth-order valence-electron chi connectivity index (χ4n) is 2.80. The van der Waals surface area contributed by atoms with Crippen molar-refractivity contribution in [3.05, 3.63) is 41.6 Å². The summed E-state index contributed by atoms with van der Waals surface area (Å²) in [5.74, 6) is 1.66. The third-order valence-corrected chi connectivity index (χ3v) is 4.19. The molecule has 23 heavy (non-hydrogen) atoms. The highest BCUT2D eigenvalue weighted by atomic mass is 16.5. The monoisotopic (exact) mass is 316 g/mol. The molecule has 0 amide bonds. The summed E-state index contributed by atoms with van der Waals surface area (Å²) in [7, 11) is 9.77. The average molecular weight is 316 g/mol. The Morgan fingerprint density at radius 2 is 1.83 bits per heavy atom. The standard InChI is InChI=1S/C19H28N2O2/c1-20(2)12-13-21(3)18-9-7-6-8-16(18)17-11-10-15(22-4)14-19(17)23-5/h6,8,10-11,14H,7,9,12-13H2,1-5H3. The maximum Gasteiger partial charge on any atom is 0.130 e. The Labute approximate surface area is 140 Å². The number of ether oxygens (including phenoxy) is 2. The molecule has 0 saturated carbocycles. The van der Waals surface area contributed by atoms with Crippen molar-refractivity contribution in [2.75, 3.05) is 48.5 Å². The Hall–Kier alpha value is -1.94. The lowest BCUT2D eigenvalue weighted by Crippen LogP contribution is -2.29. The fourth-order valence-corrected chi connectivity index (χ4v) is 2.80. The minimum Gasteiger partial charge on any atom is -0.497 e. The van der Waals surface area contributed by atoms with E-state index in [1.165, 1.54) is 11.3 Å². The van der Waals surface area contributed by atoms with Crippen LogP contribution in [0.15, 0.2) is 36.0 Å². The normalized spacial score (nSPS) is 14.3. The predicted octanol–water partition coefficient (Wildman–Crippen LogP) is 3.26. The number of benzene rings is 1. The second kappa shape index (κ2) is 8.06. The molecule has 126 valence electrons. The van der Waals surface area contributed by atoms with E-state index in [0.717, 1.165) is 43.0 Å². The fraction of sp³-hybridized carbons (Fsp3) is 0.474. The van der Waals surface area contributed by atoms with E-state index in [9.17, 15) is 0 Å². The molecule has 0 radical (unpaired) electrons. The zero-order valence-electron chi connectivity index (χ0n) is 14.9. The molecule has 1 aliphatic rings. The minimum absolute atomic E-state index is 0.813. The first kappa shape index (κ1) is 17.4. The number of methoxy groups -OCH3 is 2. The summed E-state index contributed by atoms with van der Waals surface area (Å²) >= 11 is 0. The molecule has 0 atom stereocenters. The van der Waals surface area contributed by atoms with Gasteiger partial charge in [0, 0.05) is 43.0 Å². The van der Waals surface area contributed by atoms with E-state index < -0.39 is 0 Å². The second-order valence-electron chi connectivity index (χ2n) is 6.09. The van der Waals surface area contributed by atoms with Gasteiger partial charge in [0.05, 0.1) is 14.2 Å². The molecule has 2 rings (SSSR count). The van der Waals surface area contributed by atoms with Gasteiger partial charge in [0.2, 0.25) is 0 Å². The Balaban J connectivity index is 2.38. The maximum absolute atomic E-state index is 5.59. The summed E-state index contributed by atoms with van der Waals surface area (Å²) in [6.45, 7) is 2.05. The van der Waals surface area contributed by atoms with Gasteiger partial charge in [0.25, 0.3) is 0 Å². The van der Waals surface area contributed by atoms with Gasteiger partial charge < -0.3 is 19.3 Å². The molecule has 0 heterocycles. The number of hydrogen-bond acceptors (Lipinski definition) is 4. The van der Waals surface area contributed by atoms with Crippen LogP contribution in [0.5, 0.6) is 11.5 Å². The molecular formula is C19H28N2O2. The number of hydrogen-bond donors (Lipinski definition) is 0. The van der Waals surface area contributed by atoms with Gasteiger partial charge in [-0.05, 0) is 39.1 Å². The first-order valence-corrected chi connectivity index (χ1v) is 8.04. The largest absolute Gasteiger partial charge is 0.497 e. The van der Waals surface area contributed by atoms with E-state index in [1.807, 2.05) is 12.1 Å². The Morgan fingerprint density at radius 3 is 2.48 bits per heavy atom. The molecule has 0 unspecified atom stereocenters. The van der Waals surface area contributed by atoms with Gasteiger partial charge in [0.15, 0.2) is 0 Å². The van der Waals surface area contributed by atoms with Crippen molar-refractivity contribution in [1.82, 2.24) is 9.80 Å². The van der Waals surface area contributed by atoms with Gasteiger partial charge in [-0.3, -0.25) is 0 Å². The minimum atomic E-state index is 0.813. The lowest BCUT2D eigenvalue weighted by atomic mass is 9.95. The van der Waals surface area contributed by atoms with Crippen molar-refractivity contribution in [2.24, 2.45) is 0 Å². The van der Waals surface area contributed by atoms with Crippen molar-refractivity contribution >= 4 is 5.57 Å². The topological polar surface area (TPSA) is 24.9 Å². The predicted molar refractivity (Wildman–Crippen MR) is 96.0 cm³/mol. The molecule has 0 N–H and O–H groups in total. The SMILES string of the molecule is COc1ccc(C2=C(N(C)CCN(C)C)CCC=C2)c(OC)c1. The van der Waals surface area contributed by atoms with Crippen LogP contribution in [0.2, 0.25) is 0 Å². The summed E-state index contributed by atoms with van der Waals surface area (Å²) in [4.78, 5) is 4.58. The van der Waals surface area contributed by atoms with Crippen LogP contribution in [0.25, 0.3) is 5.57 Å². The Bertz CT molecular complexity index is 591.